The molecule has 0 amide bonds. The SMILES string of the molecule is CCC1O[C@@H](OC2C(O)[C@H](O)[C@H](C(=O)O)O[C@H]2OC2CCC3(C)C(CCC4(C)C3CC=C3C5CC(C)(C)CC(O)C5(C)CCC34C)C2(C)CO)C(OC2=C(O)C(O)[C@@H](O)C(CO)O2)C(O)[C@H]1O. The molecule has 18 heteroatoms. The third-order valence-corrected chi connectivity index (χ3v) is 19.5. The quantitative estimate of drug-likeness (QED) is 0.110. The molecular weight excluding hydrogens is 877 g/mol. The van der Waals surface area contributed by atoms with Gasteiger partial charge in [-0.1, -0.05) is 67.0 Å². The molecule has 4 saturated carbocycles. The first-order valence-electron chi connectivity index (χ1n) is 24.6. The van der Waals surface area contributed by atoms with E-state index < -0.39 is 116 Å². The zero-order valence-corrected chi connectivity index (χ0v) is 40.2. The van der Waals surface area contributed by atoms with E-state index in [-0.39, 0.29) is 64.0 Å². The van der Waals surface area contributed by atoms with E-state index in [4.69, 9.17) is 28.4 Å². The van der Waals surface area contributed by atoms with Gasteiger partial charge in [-0.15, -0.1) is 0 Å². The fraction of sp³-hybridized carbons (Fsp3) is 0.898. The highest BCUT2D eigenvalue weighted by Gasteiger charge is 2.70. The highest BCUT2D eigenvalue weighted by atomic mass is 16.8. The minimum atomic E-state index is -2.06. The van der Waals surface area contributed by atoms with E-state index in [0.717, 1.165) is 44.9 Å². The molecule has 0 aromatic rings. The summed E-state index contributed by atoms with van der Waals surface area (Å²) < 4.78 is 36.3. The van der Waals surface area contributed by atoms with Crippen LogP contribution in [0.1, 0.15) is 120 Å². The lowest BCUT2D eigenvalue weighted by molar-refractivity contribution is -0.378. The summed E-state index contributed by atoms with van der Waals surface area (Å²) in [4.78, 5) is 12.5. The number of hydrogen-bond donors (Lipinski definition) is 11. The standard InChI is InChI=1S/C49H78O18/c1-9-24-30(53)33(56)38(66-41-36(59)32(55)31(54)25(20-50)63-41)42(62-24)67-39-35(58)34(57)37(40(60)61)65-43(39)64-29-13-14-46(5)26(47(29,6)21-51)12-15-49(8)27(46)11-10-22-23-18-44(2,3)19-28(52)45(23,4)16-17-48(22,49)7/h10,23-35,37-39,42-43,50-59H,9,11-21H2,1-8H3,(H,60,61)/t23?,24?,25?,26?,27?,28?,29?,30-,31-,32?,33?,34-,35?,37+,38?,39?,42-,43+,45?,46?,47?,48?,49?/m0/s1. The Morgan fingerprint density at radius 1 is 0.746 bits per heavy atom. The van der Waals surface area contributed by atoms with Crippen LogP contribution in [0.15, 0.2) is 23.4 Å². The predicted molar refractivity (Wildman–Crippen MR) is 235 cm³/mol. The van der Waals surface area contributed by atoms with E-state index in [1.807, 2.05) is 6.92 Å². The Kier molecular flexibility index (Phi) is 13.6. The van der Waals surface area contributed by atoms with Crippen LogP contribution < -0.4 is 0 Å². The Bertz CT molecular complexity index is 1910. The van der Waals surface area contributed by atoms with Gasteiger partial charge in [-0.2, -0.15) is 0 Å². The molecule has 2 saturated heterocycles. The average molecular weight is 955 g/mol. The number of aliphatic carboxylic acids is 1. The molecule has 0 aromatic heterocycles. The molecule has 0 aromatic carbocycles. The topological polar surface area (TPSA) is 295 Å². The van der Waals surface area contributed by atoms with Crippen molar-refractivity contribution in [1.82, 2.24) is 0 Å². The highest BCUT2D eigenvalue weighted by molar-refractivity contribution is 5.73. The number of carboxylic acid groups (broad SMARTS) is 1. The molecule has 8 rings (SSSR count). The lowest BCUT2D eigenvalue weighted by Crippen LogP contribution is -2.68. The minimum absolute atomic E-state index is 0.0169. The van der Waals surface area contributed by atoms with Crippen molar-refractivity contribution in [3.05, 3.63) is 23.4 Å². The number of rotatable bonds is 10. The Hall–Kier alpha value is -2.17. The van der Waals surface area contributed by atoms with Gasteiger partial charge < -0.3 is 84.6 Å². The van der Waals surface area contributed by atoms with Crippen molar-refractivity contribution in [1.29, 1.82) is 0 Å². The zero-order chi connectivity index (χ0) is 49.1. The number of carbonyl (C=O) groups is 1. The van der Waals surface area contributed by atoms with Gasteiger partial charge >= 0.3 is 11.9 Å². The van der Waals surface area contributed by atoms with E-state index >= 15 is 0 Å². The summed E-state index contributed by atoms with van der Waals surface area (Å²) in [6, 6.07) is 0. The van der Waals surface area contributed by atoms with Crippen LogP contribution in [0.4, 0.5) is 0 Å². The molecule has 8 aliphatic rings. The second kappa shape index (κ2) is 17.8. The first kappa shape index (κ1) is 51.2. The van der Waals surface area contributed by atoms with E-state index in [1.54, 1.807) is 6.92 Å². The predicted octanol–water partition coefficient (Wildman–Crippen LogP) is 2.13. The molecule has 5 aliphatic carbocycles. The van der Waals surface area contributed by atoms with Crippen LogP contribution in [-0.2, 0) is 33.2 Å². The van der Waals surface area contributed by atoms with E-state index in [0.29, 0.717) is 12.8 Å². The summed E-state index contributed by atoms with van der Waals surface area (Å²) in [6.07, 6.45) is -14.0. The van der Waals surface area contributed by atoms with Gasteiger partial charge in [0, 0.05) is 10.8 Å². The Balaban J connectivity index is 1.08. The molecule has 23 atom stereocenters. The number of fused-ring (bicyclic) bond motifs is 7. The smallest absolute Gasteiger partial charge is 0.335 e. The van der Waals surface area contributed by atoms with Crippen molar-refractivity contribution in [2.24, 2.45) is 50.2 Å². The van der Waals surface area contributed by atoms with Crippen molar-refractivity contribution in [2.45, 2.75) is 212 Å². The number of carboxylic acids is 1. The average Bonchev–Trinajstić information content (AvgIpc) is 3.27. The summed E-state index contributed by atoms with van der Waals surface area (Å²) in [5.74, 6) is -2.97. The van der Waals surface area contributed by atoms with Crippen molar-refractivity contribution in [3.8, 4) is 0 Å². The summed E-state index contributed by atoms with van der Waals surface area (Å²) in [5.41, 5.74) is -0.0402. The Labute approximate surface area is 392 Å². The number of allylic oxidation sites excluding steroid dienone is 2. The van der Waals surface area contributed by atoms with Gasteiger partial charge in [0.15, 0.2) is 30.9 Å². The minimum Gasteiger partial charge on any atom is -0.504 e. The molecule has 0 spiro atoms. The van der Waals surface area contributed by atoms with Gasteiger partial charge in [0.25, 0.3) is 0 Å². The largest absolute Gasteiger partial charge is 0.504 e. The summed E-state index contributed by atoms with van der Waals surface area (Å²) in [6.45, 7) is 16.6. The van der Waals surface area contributed by atoms with Crippen LogP contribution in [-0.4, -0.2) is 167 Å². The fourth-order valence-electron chi connectivity index (χ4n) is 15.1. The van der Waals surface area contributed by atoms with Crippen molar-refractivity contribution < 1.29 is 89.4 Å². The van der Waals surface area contributed by atoms with Crippen LogP contribution in [0, 0.1) is 50.2 Å². The lowest BCUT2D eigenvalue weighted by atomic mass is 9.33. The molecule has 11 N–H and O–H groups in total. The Morgan fingerprint density at radius 2 is 1.42 bits per heavy atom. The van der Waals surface area contributed by atoms with Gasteiger partial charge in [0.1, 0.15) is 42.7 Å². The third-order valence-electron chi connectivity index (χ3n) is 19.5. The Morgan fingerprint density at radius 3 is 2.06 bits per heavy atom. The first-order valence-corrected chi connectivity index (χ1v) is 24.6. The van der Waals surface area contributed by atoms with Crippen molar-refractivity contribution in [3.63, 3.8) is 0 Å². The maximum Gasteiger partial charge on any atom is 0.335 e. The first-order chi connectivity index (χ1) is 31.3. The third kappa shape index (κ3) is 7.89. The van der Waals surface area contributed by atoms with Crippen LogP contribution in [0.5, 0.6) is 0 Å². The molecule has 0 radical (unpaired) electrons. The second-order valence-corrected chi connectivity index (χ2v) is 23.6. The molecule has 18 nitrogen and oxygen atoms in total. The van der Waals surface area contributed by atoms with Gasteiger partial charge in [0.2, 0.25) is 5.76 Å². The number of aliphatic hydroxyl groups is 10. The van der Waals surface area contributed by atoms with Crippen LogP contribution in [0.25, 0.3) is 0 Å². The second-order valence-electron chi connectivity index (χ2n) is 23.6. The number of ether oxygens (including phenoxy) is 6. The van der Waals surface area contributed by atoms with Crippen LogP contribution in [0.3, 0.4) is 0 Å². The zero-order valence-electron chi connectivity index (χ0n) is 40.2. The number of hydrogen-bond acceptors (Lipinski definition) is 17. The van der Waals surface area contributed by atoms with E-state index in [9.17, 15) is 61.0 Å². The maximum absolute atomic E-state index is 12.5. The fourth-order valence-corrected chi connectivity index (χ4v) is 15.1. The van der Waals surface area contributed by atoms with E-state index in [2.05, 4.69) is 47.6 Å². The van der Waals surface area contributed by atoms with Crippen molar-refractivity contribution in [2.75, 3.05) is 13.2 Å². The van der Waals surface area contributed by atoms with Gasteiger partial charge in [-0.05, 0) is 104 Å². The summed E-state index contributed by atoms with van der Waals surface area (Å²) >= 11 is 0. The van der Waals surface area contributed by atoms with Crippen LogP contribution in [0.2, 0.25) is 0 Å². The molecule has 17 unspecified atom stereocenters. The molecule has 6 fully saturated rings. The molecule has 382 valence electrons. The number of aliphatic hydroxyl groups excluding tert-OH is 10. The molecule has 0 bridgehead atoms. The van der Waals surface area contributed by atoms with Gasteiger partial charge in [-0.3, -0.25) is 0 Å². The normalized spacial score (nSPS) is 52.9. The maximum atomic E-state index is 12.5. The highest BCUT2D eigenvalue weighted by Crippen LogP contribution is 2.76. The van der Waals surface area contributed by atoms with Gasteiger partial charge in [-0.25, -0.2) is 4.79 Å². The molecule has 3 heterocycles. The molecular formula is C49H78O18. The lowest BCUT2D eigenvalue weighted by Gasteiger charge is -2.72. The summed E-state index contributed by atoms with van der Waals surface area (Å²) in [7, 11) is 0. The van der Waals surface area contributed by atoms with Crippen LogP contribution >= 0.6 is 0 Å². The summed E-state index contributed by atoms with van der Waals surface area (Å²) in [5, 5.41) is 120. The van der Waals surface area contributed by atoms with E-state index in [1.165, 1.54) is 5.57 Å². The molecule has 67 heavy (non-hydrogen) atoms. The molecule has 3 aliphatic heterocycles. The van der Waals surface area contributed by atoms with Crippen molar-refractivity contribution >= 4 is 5.97 Å². The monoisotopic (exact) mass is 955 g/mol. The van der Waals surface area contributed by atoms with Gasteiger partial charge in [0.05, 0.1) is 31.5 Å².